The standard InChI is InChI=1S/C14H14ClN3O/c1-3-18(11-4-6-16-7-5-11)14(19)12-9-17-10(2)8-13(12)15/h4-9H,3H2,1-2H3. The molecule has 5 heteroatoms. The first-order valence-corrected chi connectivity index (χ1v) is 6.35. The minimum atomic E-state index is -0.161. The molecule has 0 aliphatic carbocycles. The molecule has 0 atom stereocenters. The van der Waals surface area contributed by atoms with Crippen molar-refractivity contribution in [1.82, 2.24) is 9.97 Å². The summed E-state index contributed by atoms with van der Waals surface area (Å²) >= 11 is 6.11. The van der Waals surface area contributed by atoms with Gasteiger partial charge in [0.15, 0.2) is 0 Å². The first kappa shape index (κ1) is 13.5. The molecule has 0 aromatic carbocycles. The smallest absolute Gasteiger partial charge is 0.261 e. The SMILES string of the molecule is CCN(C(=O)c1cnc(C)cc1Cl)c1ccncc1. The molecule has 98 valence electrons. The van der Waals surface area contributed by atoms with E-state index in [0.717, 1.165) is 11.4 Å². The highest BCUT2D eigenvalue weighted by atomic mass is 35.5. The summed E-state index contributed by atoms with van der Waals surface area (Å²) in [6.07, 6.45) is 4.82. The molecule has 19 heavy (non-hydrogen) atoms. The molecule has 0 unspecified atom stereocenters. The second-order valence-electron chi connectivity index (χ2n) is 4.06. The molecule has 1 amide bonds. The van der Waals surface area contributed by atoms with Gasteiger partial charge in [-0.15, -0.1) is 0 Å². The van der Waals surface area contributed by atoms with Crippen molar-refractivity contribution in [3.8, 4) is 0 Å². The molecule has 0 aliphatic heterocycles. The number of amides is 1. The van der Waals surface area contributed by atoms with Crippen molar-refractivity contribution < 1.29 is 4.79 Å². The van der Waals surface area contributed by atoms with Gasteiger partial charge in [0.1, 0.15) is 0 Å². The molecule has 0 spiro atoms. The number of rotatable bonds is 3. The van der Waals surface area contributed by atoms with Gasteiger partial charge in [-0.05, 0) is 32.0 Å². The molecular formula is C14H14ClN3O. The lowest BCUT2D eigenvalue weighted by atomic mass is 10.2. The van der Waals surface area contributed by atoms with Gasteiger partial charge in [-0.2, -0.15) is 0 Å². The van der Waals surface area contributed by atoms with Crippen LogP contribution in [0, 0.1) is 6.92 Å². The third-order valence-corrected chi connectivity index (χ3v) is 3.07. The lowest BCUT2D eigenvalue weighted by Crippen LogP contribution is -2.31. The van der Waals surface area contributed by atoms with Gasteiger partial charge in [0.2, 0.25) is 0 Å². The number of aromatic nitrogens is 2. The molecular weight excluding hydrogens is 262 g/mol. The Kier molecular flexibility index (Phi) is 4.12. The number of aryl methyl sites for hydroxylation is 1. The predicted octanol–water partition coefficient (Wildman–Crippen LogP) is 3.11. The fourth-order valence-corrected chi connectivity index (χ4v) is 2.08. The maximum Gasteiger partial charge on any atom is 0.261 e. The van der Waals surface area contributed by atoms with Crippen LogP contribution in [0.5, 0.6) is 0 Å². The van der Waals surface area contributed by atoms with Crippen molar-refractivity contribution in [2.45, 2.75) is 13.8 Å². The van der Waals surface area contributed by atoms with Crippen molar-refractivity contribution in [3.05, 3.63) is 53.1 Å². The number of halogens is 1. The average Bonchev–Trinajstić information content (AvgIpc) is 2.40. The molecule has 2 aromatic heterocycles. The van der Waals surface area contributed by atoms with Gasteiger partial charge >= 0.3 is 0 Å². The number of anilines is 1. The summed E-state index contributed by atoms with van der Waals surface area (Å²) in [5, 5.41) is 0.421. The fourth-order valence-electron chi connectivity index (χ4n) is 1.80. The number of hydrogen-bond donors (Lipinski definition) is 0. The summed E-state index contributed by atoms with van der Waals surface area (Å²) in [7, 11) is 0. The van der Waals surface area contributed by atoms with E-state index < -0.39 is 0 Å². The summed E-state index contributed by atoms with van der Waals surface area (Å²) in [6, 6.07) is 5.27. The molecule has 0 aliphatic rings. The Morgan fingerprint density at radius 3 is 2.63 bits per heavy atom. The quantitative estimate of drug-likeness (QED) is 0.865. The third-order valence-electron chi connectivity index (χ3n) is 2.76. The second kappa shape index (κ2) is 5.80. The molecule has 0 saturated heterocycles. The van der Waals surface area contributed by atoms with Crippen LogP contribution in [0.2, 0.25) is 5.02 Å². The van der Waals surface area contributed by atoms with Crippen LogP contribution in [0.4, 0.5) is 5.69 Å². The van der Waals surface area contributed by atoms with E-state index in [1.54, 1.807) is 35.5 Å². The Labute approximate surface area is 117 Å². The van der Waals surface area contributed by atoms with E-state index in [-0.39, 0.29) is 5.91 Å². The summed E-state index contributed by atoms with van der Waals surface area (Å²) in [4.78, 5) is 22.2. The van der Waals surface area contributed by atoms with Crippen molar-refractivity contribution >= 4 is 23.2 Å². The molecule has 0 radical (unpaired) electrons. The monoisotopic (exact) mass is 275 g/mol. The lowest BCUT2D eigenvalue weighted by Gasteiger charge is -2.21. The van der Waals surface area contributed by atoms with Crippen LogP contribution >= 0.6 is 11.6 Å². The second-order valence-corrected chi connectivity index (χ2v) is 4.47. The van der Waals surface area contributed by atoms with E-state index in [0.29, 0.717) is 17.1 Å². The molecule has 0 bridgehead atoms. The van der Waals surface area contributed by atoms with E-state index in [4.69, 9.17) is 11.6 Å². The number of pyridine rings is 2. The van der Waals surface area contributed by atoms with E-state index in [2.05, 4.69) is 9.97 Å². The zero-order valence-electron chi connectivity index (χ0n) is 10.8. The Morgan fingerprint density at radius 1 is 1.37 bits per heavy atom. The largest absolute Gasteiger partial charge is 0.308 e. The van der Waals surface area contributed by atoms with Crippen molar-refractivity contribution in [2.24, 2.45) is 0 Å². The summed E-state index contributed by atoms with van der Waals surface area (Å²) < 4.78 is 0. The van der Waals surface area contributed by atoms with Gasteiger partial charge in [-0.1, -0.05) is 11.6 Å². The van der Waals surface area contributed by atoms with Crippen molar-refractivity contribution in [1.29, 1.82) is 0 Å². The van der Waals surface area contributed by atoms with Crippen LogP contribution in [-0.2, 0) is 0 Å². The van der Waals surface area contributed by atoms with Gasteiger partial charge in [-0.3, -0.25) is 14.8 Å². The Hall–Kier alpha value is -1.94. The fraction of sp³-hybridized carbons (Fsp3) is 0.214. The van der Waals surface area contributed by atoms with Gasteiger partial charge in [0.25, 0.3) is 5.91 Å². The van der Waals surface area contributed by atoms with Crippen LogP contribution in [0.3, 0.4) is 0 Å². The van der Waals surface area contributed by atoms with Crippen LogP contribution in [0.25, 0.3) is 0 Å². The summed E-state index contributed by atoms with van der Waals surface area (Å²) in [6.45, 7) is 4.29. The average molecular weight is 276 g/mol. The minimum Gasteiger partial charge on any atom is -0.308 e. The van der Waals surface area contributed by atoms with Gasteiger partial charge < -0.3 is 4.90 Å². The maximum absolute atomic E-state index is 12.5. The highest BCUT2D eigenvalue weighted by Gasteiger charge is 2.19. The predicted molar refractivity (Wildman–Crippen MR) is 75.6 cm³/mol. The van der Waals surface area contributed by atoms with E-state index in [1.165, 1.54) is 6.20 Å². The third kappa shape index (κ3) is 2.90. The first-order valence-electron chi connectivity index (χ1n) is 5.97. The lowest BCUT2D eigenvalue weighted by molar-refractivity contribution is 0.0988. The normalized spacial score (nSPS) is 10.3. The first-order chi connectivity index (χ1) is 9.13. The van der Waals surface area contributed by atoms with E-state index in [1.807, 2.05) is 13.8 Å². The number of hydrogen-bond acceptors (Lipinski definition) is 3. The molecule has 4 nitrogen and oxygen atoms in total. The summed E-state index contributed by atoms with van der Waals surface area (Å²) in [5.41, 5.74) is 1.98. The van der Waals surface area contributed by atoms with Crippen LogP contribution in [-0.4, -0.2) is 22.4 Å². The Bertz CT molecular complexity index is 586. The van der Waals surface area contributed by atoms with Crippen molar-refractivity contribution in [3.63, 3.8) is 0 Å². The maximum atomic E-state index is 12.5. The Balaban J connectivity index is 2.36. The van der Waals surface area contributed by atoms with E-state index in [9.17, 15) is 4.79 Å². The van der Waals surface area contributed by atoms with Crippen molar-refractivity contribution in [2.75, 3.05) is 11.4 Å². The zero-order valence-corrected chi connectivity index (χ0v) is 11.6. The molecule has 2 rings (SSSR count). The number of nitrogens with zero attached hydrogens (tertiary/aromatic N) is 3. The molecule has 2 heterocycles. The highest BCUT2D eigenvalue weighted by molar-refractivity contribution is 6.34. The Morgan fingerprint density at radius 2 is 2.05 bits per heavy atom. The van der Waals surface area contributed by atoms with Gasteiger partial charge in [0, 0.05) is 36.5 Å². The topological polar surface area (TPSA) is 46.1 Å². The van der Waals surface area contributed by atoms with Gasteiger partial charge in [-0.25, -0.2) is 0 Å². The van der Waals surface area contributed by atoms with Gasteiger partial charge in [0.05, 0.1) is 10.6 Å². The molecule has 2 aromatic rings. The zero-order chi connectivity index (χ0) is 13.8. The van der Waals surface area contributed by atoms with Crippen LogP contribution < -0.4 is 4.90 Å². The van der Waals surface area contributed by atoms with Crippen LogP contribution in [0.15, 0.2) is 36.8 Å². The number of carbonyl (C=O) groups is 1. The number of carbonyl (C=O) groups excluding carboxylic acids is 1. The molecule has 0 saturated carbocycles. The van der Waals surface area contributed by atoms with Crippen LogP contribution in [0.1, 0.15) is 23.0 Å². The highest BCUT2D eigenvalue weighted by Crippen LogP contribution is 2.21. The molecule has 0 N–H and O–H groups in total. The van der Waals surface area contributed by atoms with E-state index >= 15 is 0 Å². The summed E-state index contributed by atoms with van der Waals surface area (Å²) in [5.74, 6) is -0.161. The minimum absolute atomic E-state index is 0.161. The molecule has 0 fully saturated rings.